The molecule has 2 N–H and O–H groups in total. The molecule has 0 bridgehead atoms. The number of aliphatic imine (C=N–C) groups is 2. The maximum atomic E-state index is 12.5. The number of hydrogen-bond acceptors (Lipinski definition) is 5. The van der Waals surface area contributed by atoms with Crippen molar-refractivity contribution in [2.45, 2.75) is 0 Å². The molecule has 2 aromatic carbocycles. The number of carbonyl (C=O) groups is 1. The lowest BCUT2D eigenvalue weighted by Crippen LogP contribution is -2.47. The SMILES string of the molecule is CNc1ccc(C(=O)NC2=Nc3ccccc3C3=NCCN23)cc1. The minimum Gasteiger partial charge on any atom is -0.388 e. The van der Waals surface area contributed by atoms with E-state index in [1.165, 1.54) is 0 Å². The number of amidine groups is 1. The van der Waals surface area contributed by atoms with E-state index in [-0.39, 0.29) is 5.91 Å². The molecule has 1 amide bonds. The van der Waals surface area contributed by atoms with E-state index >= 15 is 0 Å². The van der Waals surface area contributed by atoms with E-state index in [0.29, 0.717) is 18.1 Å². The molecule has 4 rings (SSSR count). The zero-order valence-corrected chi connectivity index (χ0v) is 13.3. The number of nitrogens with one attached hydrogen (secondary N) is 2. The van der Waals surface area contributed by atoms with Crippen LogP contribution in [0.15, 0.2) is 58.5 Å². The van der Waals surface area contributed by atoms with Crippen LogP contribution in [0.4, 0.5) is 11.4 Å². The summed E-state index contributed by atoms with van der Waals surface area (Å²) in [5, 5.41) is 5.96. The maximum Gasteiger partial charge on any atom is 0.257 e. The van der Waals surface area contributed by atoms with Gasteiger partial charge in [0.2, 0.25) is 5.96 Å². The van der Waals surface area contributed by atoms with Crippen LogP contribution in [-0.2, 0) is 0 Å². The smallest absolute Gasteiger partial charge is 0.257 e. The van der Waals surface area contributed by atoms with Crippen molar-refractivity contribution in [3.63, 3.8) is 0 Å². The van der Waals surface area contributed by atoms with E-state index in [1.54, 1.807) is 12.1 Å². The van der Waals surface area contributed by atoms with Crippen LogP contribution < -0.4 is 10.6 Å². The summed E-state index contributed by atoms with van der Waals surface area (Å²) < 4.78 is 0. The number of anilines is 1. The number of guanidine groups is 1. The highest BCUT2D eigenvalue weighted by Gasteiger charge is 2.30. The number of hydrogen-bond donors (Lipinski definition) is 2. The van der Waals surface area contributed by atoms with Crippen LogP contribution in [0.5, 0.6) is 0 Å². The van der Waals surface area contributed by atoms with Crippen molar-refractivity contribution in [2.24, 2.45) is 9.98 Å². The number of para-hydroxylation sites is 1. The third-order valence-electron chi connectivity index (χ3n) is 4.13. The second-order valence-corrected chi connectivity index (χ2v) is 5.59. The first-order valence-electron chi connectivity index (χ1n) is 7.85. The van der Waals surface area contributed by atoms with Crippen LogP contribution in [0.3, 0.4) is 0 Å². The highest BCUT2D eigenvalue weighted by Crippen LogP contribution is 2.27. The minimum absolute atomic E-state index is 0.179. The first-order valence-corrected chi connectivity index (χ1v) is 7.85. The molecule has 2 aliphatic heterocycles. The number of nitrogens with zero attached hydrogens (tertiary/aromatic N) is 3. The molecular formula is C18H17N5O. The summed E-state index contributed by atoms with van der Waals surface area (Å²) in [6.45, 7) is 1.43. The lowest BCUT2D eigenvalue weighted by Gasteiger charge is -2.27. The minimum atomic E-state index is -0.179. The van der Waals surface area contributed by atoms with Gasteiger partial charge in [-0.2, -0.15) is 0 Å². The fourth-order valence-electron chi connectivity index (χ4n) is 2.88. The van der Waals surface area contributed by atoms with Gasteiger partial charge in [-0.3, -0.25) is 20.0 Å². The molecule has 0 radical (unpaired) electrons. The van der Waals surface area contributed by atoms with Crippen molar-refractivity contribution < 1.29 is 4.79 Å². The first-order chi connectivity index (χ1) is 11.8. The average molecular weight is 319 g/mol. The van der Waals surface area contributed by atoms with E-state index in [1.807, 2.05) is 48.3 Å². The Morgan fingerprint density at radius 1 is 1.12 bits per heavy atom. The molecule has 2 heterocycles. The Morgan fingerprint density at radius 3 is 2.71 bits per heavy atom. The molecule has 0 aliphatic carbocycles. The van der Waals surface area contributed by atoms with Crippen LogP contribution in [0.25, 0.3) is 0 Å². The monoisotopic (exact) mass is 319 g/mol. The van der Waals surface area contributed by atoms with Crippen molar-refractivity contribution in [1.29, 1.82) is 0 Å². The molecule has 24 heavy (non-hydrogen) atoms. The van der Waals surface area contributed by atoms with Gasteiger partial charge >= 0.3 is 0 Å². The summed E-state index contributed by atoms with van der Waals surface area (Å²) in [4.78, 5) is 23.7. The van der Waals surface area contributed by atoms with Gasteiger partial charge in [-0.1, -0.05) is 12.1 Å². The van der Waals surface area contributed by atoms with Crippen molar-refractivity contribution >= 4 is 29.1 Å². The number of benzene rings is 2. The summed E-state index contributed by atoms with van der Waals surface area (Å²) in [5.74, 6) is 1.23. The highest BCUT2D eigenvalue weighted by atomic mass is 16.1. The molecular weight excluding hydrogens is 302 g/mol. The Morgan fingerprint density at radius 2 is 1.92 bits per heavy atom. The molecule has 0 saturated carbocycles. The van der Waals surface area contributed by atoms with Gasteiger partial charge < -0.3 is 5.32 Å². The molecule has 6 nitrogen and oxygen atoms in total. The Labute approximate surface area is 139 Å². The molecule has 2 aliphatic rings. The number of amides is 1. The van der Waals surface area contributed by atoms with Crippen LogP contribution >= 0.6 is 0 Å². The fraction of sp³-hybridized carbons (Fsp3) is 0.167. The summed E-state index contributed by atoms with van der Waals surface area (Å²) >= 11 is 0. The standard InChI is InChI=1S/C18H17N5O/c1-19-13-8-6-12(7-9-13)17(24)22-18-21-15-5-3-2-4-14(15)16-20-10-11-23(16)18/h2-9,19H,10-11H2,1H3,(H,21,22,24). The van der Waals surface area contributed by atoms with E-state index in [9.17, 15) is 4.79 Å². The van der Waals surface area contributed by atoms with Crippen LogP contribution in [0.1, 0.15) is 15.9 Å². The quantitative estimate of drug-likeness (QED) is 0.892. The molecule has 6 heteroatoms. The number of carbonyl (C=O) groups excluding carboxylic acids is 1. The van der Waals surface area contributed by atoms with E-state index in [4.69, 9.17) is 0 Å². The summed E-state index contributed by atoms with van der Waals surface area (Å²) in [7, 11) is 1.84. The topological polar surface area (TPSA) is 69.1 Å². The normalized spacial score (nSPS) is 15.1. The Hall–Kier alpha value is -3.15. The van der Waals surface area contributed by atoms with Gasteiger partial charge in [-0.15, -0.1) is 0 Å². The van der Waals surface area contributed by atoms with Gasteiger partial charge in [0, 0.05) is 30.4 Å². The van der Waals surface area contributed by atoms with Crippen LogP contribution in [-0.4, -0.2) is 42.7 Å². The van der Waals surface area contributed by atoms with Gasteiger partial charge in [0.15, 0.2) is 0 Å². The summed E-state index contributed by atoms with van der Waals surface area (Å²) in [6, 6.07) is 15.2. The van der Waals surface area contributed by atoms with Crippen LogP contribution in [0.2, 0.25) is 0 Å². The van der Waals surface area contributed by atoms with Gasteiger partial charge in [0.25, 0.3) is 5.91 Å². The summed E-state index contributed by atoms with van der Waals surface area (Å²) in [5.41, 5.74) is 3.39. The summed E-state index contributed by atoms with van der Waals surface area (Å²) in [6.07, 6.45) is 0. The third kappa shape index (κ3) is 2.42. The van der Waals surface area contributed by atoms with Gasteiger partial charge in [-0.25, -0.2) is 4.99 Å². The molecule has 0 fully saturated rings. The maximum absolute atomic E-state index is 12.5. The zero-order valence-electron chi connectivity index (χ0n) is 13.3. The van der Waals surface area contributed by atoms with Crippen molar-refractivity contribution in [3.8, 4) is 0 Å². The van der Waals surface area contributed by atoms with Gasteiger partial charge in [0.1, 0.15) is 5.84 Å². The van der Waals surface area contributed by atoms with Crippen LogP contribution in [0, 0.1) is 0 Å². The van der Waals surface area contributed by atoms with E-state index in [0.717, 1.165) is 29.3 Å². The molecule has 0 saturated heterocycles. The number of rotatable bonds is 2. The molecule has 0 unspecified atom stereocenters. The number of fused-ring (bicyclic) bond motifs is 3. The zero-order chi connectivity index (χ0) is 16.5. The molecule has 0 spiro atoms. The Kier molecular flexibility index (Phi) is 3.49. The molecule has 120 valence electrons. The predicted octanol–water partition coefficient (Wildman–Crippen LogP) is 2.22. The highest BCUT2D eigenvalue weighted by molar-refractivity contribution is 6.19. The molecule has 0 aromatic heterocycles. The first kappa shape index (κ1) is 14.4. The van der Waals surface area contributed by atoms with Gasteiger partial charge in [0.05, 0.1) is 12.2 Å². The molecule has 2 aromatic rings. The predicted molar refractivity (Wildman–Crippen MR) is 95.1 cm³/mol. The lowest BCUT2D eigenvalue weighted by molar-refractivity contribution is 0.0974. The van der Waals surface area contributed by atoms with Crippen molar-refractivity contribution in [1.82, 2.24) is 10.2 Å². The third-order valence-corrected chi connectivity index (χ3v) is 4.13. The molecule has 0 atom stereocenters. The fourth-order valence-corrected chi connectivity index (χ4v) is 2.88. The van der Waals surface area contributed by atoms with Crippen molar-refractivity contribution in [3.05, 3.63) is 59.7 Å². The van der Waals surface area contributed by atoms with E-state index in [2.05, 4.69) is 20.6 Å². The van der Waals surface area contributed by atoms with Gasteiger partial charge in [-0.05, 0) is 36.4 Å². The second-order valence-electron chi connectivity index (χ2n) is 5.59. The average Bonchev–Trinajstić information content (AvgIpc) is 3.12. The lowest BCUT2D eigenvalue weighted by atomic mass is 10.1. The van der Waals surface area contributed by atoms with E-state index < -0.39 is 0 Å². The second kappa shape index (κ2) is 5.81. The Bertz CT molecular complexity index is 854. The largest absolute Gasteiger partial charge is 0.388 e. The van der Waals surface area contributed by atoms with Crippen molar-refractivity contribution in [2.75, 3.05) is 25.5 Å². The Balaban J connectivity index is 1.63.